The quantitative estimate of drug-likeness (QED) is 0.877. The Labute approximate surface area is 109 Å². The summed E-state index contributed by atoms with van der Waals surface area (Å²) in [5.41, 5.74) is 7.15. The highest BCUT2D eigenvalue weighted by molar-refractivity contribution is 7.15. The molecule has 1 aromatic carbocycles. The maximum atomic E-state index is 11.9. The van der Waals surface area contributed by atoms with Gasteiger partial charge in [-0.1, -0.05) is 29.0 Å². The van der Waals surface area contributed by atoms with Gasteiger partial charge < -0.3 is 5.73 Å². The highest BCUT2D eigenvalue weighted by atomic mass is 32.1. The normalized spacial score (nSPS) is 10.3. The van der Waals surface area contributed by atoms with Crippen LogP contribution in [0.3, 0.4) is 0 Å². The molecular formula is C12H14N4OS. The Morgan fingerprint density at radius 1 is 1.33 bits per heavy atom. The second-order valence-electron chi connectivity index (χ2n) is 3.86. The number of rotatable bonds is 4. The van der Waals surface area contributed by atoms with Gasteiger partial charge >= 0.3 is 0 Å². The van der Waals surface area contributed by atoms with Gasteiger partial charge in [-0.25, -0.2) is 0 Å². The molecule has 0 unspecified atom stereocenters. The van der Waals surface area contributed by atoms with Gasteiger partial charge in [-0.05, 0) is 25.6 Å². The van der Waals surface area contributed by atoms with Gasteiger partial charge in [0.2, 0.25) is 5.13 Å². The largest absolute Gasteiger partial charge is 0.330 e. The number of anilines is 1. The van der Waals surface area contributed by atoms with E-state index in [1.165, 1.54) is 11.3 Å². The molecule has 2 rings (SSSR count). The van der Waals surface area contributed by atoms with Gasteiger partial charge in [0.15, 0.2) is 0 Å². The predicted octanol–water partition coefficient (Wildman–Crippen LogP) is 1.60. The smallest absolute Gasteiger partial charge is 0.257 e. The molecule has 2 aromatic rings. The first-order valence-corrected chi connectivity index (χ1v) is 6.41. The van der Waals surface area contributed by atoms with E-state index in [9.17, 15) is 4.79 Å². The Morgan fingerprint density at radius 3 is 2.72 bits per heavy atom. The van der Waals surface area contributed by atoms with Crippen LogP contribution in [0.25, 0.3) is 0 Å². The minimum Gasteiger partial charge on any atom is -0.330 e. The zero-order valence-corrected chi connectivity index (χ0v) is 10.8. The molecule has 0 spiro atoms. The Kier molecular flexibility index (Phi) is 4.01. The van der Waals surface area contributed by atoms with Gasteiger partial charge in [-0.15, -0.1) is 10.2 Å². The molecule has 3 N–H and O–H groups in total. The average Bonchev–Trinajstić information content (AvgIpc) is 2.78. The molecule has 0 atom stereocenters. The second kappa shape index (κ2) is 5.70. The van der Waals surface area contributed by atoms with E-state index in [0.717, 1.165) is 10.6 Å². The van der Waals surface area contributed by atoms with Crippen molar-refractivity contribution in [1.82, 2.24) is 10.2 Å². The highest BCUT2D eigenvalue weighted by Crippen LogP contribution is 2.16. The van der Waals surface area contributed by atoms with Crippen molar-refractivity contribution in [2.75, 3.05) is 11.9 Å². The van der Waals surface area contributed by atoms with Gasteiger partial charge in [0, 0.05) is 12.0 Å². The molecule has 1 heterocycles. The first-order valence-electron chi connectivity index (χ1n) is 5.59. The van der Waals surface area contributed by atoms with Gasteiger partial charge in [-0.3, -0.25) is 10.1 Å². The SMILES string of the molecule is Cc1ccc(C(=O)Nc2nnc(CCN)s2)cc1. The van der Waals surface area contributed by atoms with Crippen molar-refractivity contribution < 1.29 is 4.79 Å². The fraction of sp³-hybridized carbons (Fsp3) is 0.250. The third-order valence-electron chi connectivity index (χ3n) is 2.36. The lowest BCUT2D eigenvalue weighted by Crippen LogP contribution is -2.11. The molecule has 0 fully saturated rings. The number of nitrogens with zero attached hydrogens (tertiary/aromatic N) is 2. The second-order valence-corrected chi connectivity index (χ2v) is 4.92. The number of nitrogens with two attached hydrogens (primary N) is 1. The lowest BCUT2D eigenvalue weighted by atomic mass is 10.1. The van der Waals surface area contributed by atoms with Crippen LogP contribution < -0.4 is 11.1 Å². The fourth-order valence-corrected chi connectivity index (χ4v) is 2.15. The van der Waals surface area contributed by atoms with Gasteiger partial charge in [0.1, 0.15) is 5.01 Å². The Hall–Kier alpha value is -1.79. The van der Waals surface area contributed by atoms with Crippen LogP contribution in [0.15, 0.2) is 24.3 Å². The minimum atomic E-state index is -0.176. The number of nitrogens with one attached hydrogen (secondary N) is 1. The average molecular weight is 262 g/mol. The number of carbonyl (C=O) groups excluding carboxylic acids is 1. The third kappa shape index (κ3) is 3.12. The van der Waals surface area contributed by atoms with E-state index >= 15 is 0 Å². The molecule has 0 aliphatic heterocycles. The van der Waals surface area contributed by atoms with Gasteiger partial charge in [0.05, 0.1) is 0 Å². The van der Waals surface area contributed by atoms with Crippen LogP contribution >= 0.6 is 11.3 Å². The fourth-order valence-electron chi connectivity index (χ4n) is 1.40. The zero-order chi connectivity index (χ0) is 13.0. The molecule has 0 saturated carbocycles. The highest BCUT2D eigenvalue weighted by Gasteiger charge is 2.09. The van der Waals surface area contributed by atoms with Crippen LogP contribution in [0, 0.1) is 6.92 Å². The van der Waals surface area contributed by atoms with Crippen LogP contribution in [0.1, 0.15) is 20.9 Å². The zero-order valence-electron chi connectivity index (χ0n) is 10.0. The standard InChI is InChI=1S/C12H14N4OS/c1-8-2-4-9(5-3-8)11(17)14-12-16-15-10(18-12)6-7-13/h2-5H,6-7,13H2,1H3,(H,14,16,17). The Bertz CT molecular complexity index is 535. The first kappa shape index (κ1) is 12.7. The summed E-state index contributed by atoms with van der Waals surface area (Å²) in [5.74, 6) is -0.176. The summed E-state index contributed by atoms with van der Waals surface area (Å²) < 4.78 is 0. The predicted molar refractivity (Wildman–Crippen MR) is 71.8 cm³/mol. The van der Waals surface area contributed by atoms with E-state index in [-0.39, 0.29) is 5.91 Å². The lowest BCUT2D eigenvalue weighted by Gasteiger charge is -2.01. The van der Waals surface area contributed by atoms with Crippen molar-refractivity contribution in [3.63, 3.8) is 0 Å². The molecule has 0 aliphatic carbocycles. The Balaban J connectivity index is 2.04. The van der Waals surface area contributed by atoms with E-state index in [1.54, 1.807) is 12.1 Å². The molecule has 1 aromatic heterocycles. The summed E-state index contributed by atoms with van der Waals surface area (Å²) in [6, 6.07) is 7.36. The molecule has 0 saturated heterocycles. The van der Waals surface area contributed by atoms with Crippen molar-refractivity contribution in [2.24, 2.45) is 5.73 Å². The van der Waals surface area contributed by atoms with E-state index < -0.39 is 0 Å². The van der Waals surface area contributed by atoms with E-state index in [2.05, 4.69) is 15.5 Å². The van der Waals surface area contributed by atoms with Crippen LogP contribution in [0.4, 0.5) is 5.13 Å². The molecule has 6 heteroatoms. The van der Waals surface area contributed by atoms with Gasteiger partial charge in [0.25, 0.3) is 5.91 Å². The topological polar surface area (TPSA) is 80.9 Å². The summed E-state index contributed by atoms with van der Waals surface area (Å²) in [5, 5.41) is 11.9. The van der Waals surface area contributed by atoms with Crippen LogP contribution in [0.2, 0.25) is 0 Å². The van der Waals surface area contributed by atoms with Crippen molar-refractivity contribution in [2.45, 2.75) is 13.3 Å². The van der Waals surface area contributed by atoms with E-state index in [1.807, 2.05) is 19.1 Å². The molecule has 18 heavy (non-hydrogen) atoms. The number of aromatic nitrogens is 2. The lowest BCUT2D eigenvalue weighted by molar-refractivity contribution is 0.102. The number of hydrogen-bond acceptors (Lipinski definition) is 5. The summed E-state index contributed by atoms with van der Waals surface area (Å²) in [6.07, 6.45) is 0.679. The number of aryl methyl sites for hydroxylation is 1. The number of carbonyl (C=O) groups is 1. The Morgan fingerprint density at radius 2 is 2.06 bits per heavy atom. The molecule has 0 bridgehead atoms. The molecule has 94 valence electrons. The van der Waals surface area contributed by atoms with E-state index in [4.69, 9.17) is 5.73 Å². The van der Waals surface area contributed by atoms with E-state index in [0.29, 0.717) is 23.7 Å². The monoisotopic (exact) mass is 262 g/mol. The van der Waals surface area contributed by atoms with Crippen molar-refractivity contribution >= 4 is 22.4 Å². The molecule has 0 aliphatic rings. The molecule has 0 radical (unpaired) electrons. The molecule has 1 amide bonds. The maximum absolute atomic E-state index is 11.9. The van der Waals surface area contributed by atoms with Crippen molar-refractivity contribution in [3.8, 4) is 0 Å². The molecular weight excluding hydrogens is 248 g/mol. The van der Waals surface area contributed by atoms with Crippen molar-refractivity contribution in [3.05, 3.63) is 40.4 Å². The van der Waals surface area contributed by atoms with Crippen LogP contribution in [-0.2, 0) is 6.42 Å². The summed E-state index contributed by atoms with van der Waals surface area (Å²) in [7, 11) is 0. The summed E-state index contributed by atoms with van der Waals surface area (Å²) in [4.78, 5) is 11.9. The molecule has 5 nitrogen and oxygen atoms in total. The van der Waals surface area contributed by atoms with Gasteiger partial charge in [-0.2, -0.15) is 0 Å². The van der Waals surface area contributed by atoms with Crippen LogP contribution in [-0.4, -0.2) is 22.6 Å². The van der Waals surface area contributed by atoms with Crippen LogP contribution in [0.5, 0.6) is 0 Å². The first-order chi connectivity index (χ1) is 8.69. The number of hydrogen-bond donors (Lipinski definition) is 2. The summed E-state index contributed by atoms with van der Waals surface area (Å²) >= 11 is 1.35. The maximum Gasteiger partial charge on any atom is 0.257 e. The summed E-state index contributed by atoms with van der Waals surface area (Å²) in [6.45, 7) is 2.51. The minimum absolute atomic E-state index is 0.176. The number of benzene rings is 1. The third-order valence-corrected chi connectivity index (χ3v) is 3.26. The van der Waals surface area contributed by atoms with Crippen molar-refractivity contribution in [1.29, 1.82) is 0 Å². The number of amides is 1.